The van der Waals surface area contributed by atoms with Crippen LogP contribution in [0.1, 0.15) is 38.1 Å². The highest BCUT2D eigenvalue weighted by atomic mass is 35.5. The summed E-state index contributed by atoms with van der Waals surface area (Å²) in [4.78, 5) is 25.7. The lowest BCUT2D eigenvalue weighted by molar-refractivity contribution is -0.384. The van der Waals surface area contributed by atoms with Crippen molar-refractivity contribution in [2.45, 2.75) is 50.2 Å². The zero-order valence-corrected chi connectivity index (χ0v) is 14.5. The summed E-state index contributed by atoms with van der Waals surface area (Å²) in [7, 11) is 2.15. The third kappa shape index (κ3) is 2.69. The van der Waals surface area contributed by atoms with Crippen LogP contribution in [0.5, 0.6) is 0 Å². The first-order valence-corrected chi connectivity index (χ1v) is 8.78. The second-order valence-electron chi connectivity index (χ2n) is 6.95. The summed E-state index contributed by atoms with van der Waals surface area (Å²) in [6.45, 7) is 0. The number of benzene rings is 1. The monoisotopic (exact) mass is 363 g/mol. The Morgan fingerprint density at radius 2 is 1.92 bits per heavy atom. The van der Waals surface area contributed by atoms with Crippen molar-refractivity contribution in [2.75, 3.05) is 7.05 Å². The highest BCUT2D eigenvalue weighted by molar-refractivity contribution is 6.33. The fraction of sp³-hybridized carbons (Fsp3) is 0.562. The molecule has 2 saturated heterocycles. The normalized spacial score (nSPS) is 26.7. The first kappa shape index (κ1) is 16.4. The summed E-state index contributed by atoms with van der Waals surface area (Å²) in [5, 5.41) is 19.3. The van der Waals surface area contributed by atoms with Crippen molar-refractivity contribution in [1.29, 1.82) is 0 Å². The first-order valence-electron chi connectivity index (χ1n) is 8.41. The molecule has 2 bridgehead atoms. The molecule has 0 spiro atoms. The predicted octanol–water partition coefficient (Wildman–Crippen LogP) is 2.54. The zero-order chi connectivity index (χ0) is 17.7. The molecule has 4 rings (SSSR count). The largest absolute Gasteiger partial charge is 0.300 e. The van der Waals surface area contributed by atoms with Crippen molar-refractivity contribution in [3.8, 4) is 0 Å². The Bertz CT molecular complexity index is 901. The standard InChI is InChI=1S/C16H18ClN5O3/c1-20-9-3-2-4-10(20)6-11(5-9)21-16(23)12-7-13(17)15(22(24)25)8-14(12)18-19-21/h7-11H,2-6H2,1H3. The number of piperidine rings is 2. The Labute approximate surface area is 148 Å². The minimum atomic E-state index is -0.590. The van der Waals surface area contributed by atoms with Gasteiger partial charge in [-0.1, -0.05) is 23.2 Å². The average Bonchev–Trinajstić information content (AvgIpc) is 2.55. The smallest absolute Gasteiger partial charge is 0.290 e. The number of aromatic nitrogens is 3. The van der Waals surface area contributed by atoms with Gasteiger partial charge in [0.05, 0.1) is 16.4 Å². The van der Waals surface area contributed by atoms with E-state index in [1.165, 1.54) is 23.2 Å². The Morgan fingerprint density at radius 3 is 2.56 bits per heavy atom. The molecule has 8 nitrogen and oxygen atoms in total. The maximum absolute atomic E-state index is 12.9. The van der Waals surface area contributed by atoms with Gasteiger partial charge in [-0.3, -0.25) is 14.9 Å². The molecule has 0 N–H and O–H groups in total. The number of fused-ring (bicyclic) bond motifs is 3. The molecular formula is C16H18ClN5O3. The summed E-state index contributed by atoms with van der Waals surface area (Å²) in [5.74, 6) is 0. The second kappa shape index (κ2) is 6.03. The van der Waals surface area contributed by atoms with Gasteiger partial charge in [-0.05, 0) is 38.8 Å². The number of nitro benzene ring substituents is 1. The van der Waals surface area contributed by atoms with Crippen LogP contribution < -0.4 is 5.56 Å². The van der Waals surface area contributed by atoms with Crippen LogP contribution in [0.2, 0.25) is 5.02 Å². The van der Waals surface area contributed by atoms with Gasteiger partial charge in [0.25, 0.3) is 11.2 Å². The third-order valence-electron chi connectivity index (χ3n) is 5.61. The van der Waals surface area contributed by atoms with E-state index < -0.39 is 4.92 Å². The van der Waals surface area contributed by atoms with Crippen molar-refractivity contribution in [3.05, 3.63) is 37.6 Å². The predicted molar refractivity (Wildman–Crippen MR) is 92.9 cm³/mol. The van der Waals surface area contributed by atoms with Crippen LogP contribution in [0.4, 0.5) is 5.69 Å². The van der Waals surface area contributed by atoms with Crippen molar-refractivity contribution < 1.29 is 4.92 Å². The fourth-order valence-electron chi connectivity index (χ4n) is 4.23. The molecule has 2 aliphatic heterocycles. The molecule has 132 valence electrons. The molecule has 0 saturated carbocycles. The van der Waals surface area contributed by atoms with Crippen LogP contribution in [0.25, 0.3) is 10.9 Å². The maximum Gasteiger partial charge on any atom is 0.290 e. The van der Waals surface area contributed by atoms with Crippen LogP contribution in [-0.2, 0) is 0 Å². The van der Waals surface area contributed by atoms with E-state index in [1.54, 1.807) is 0 Å². The maximum atomic E-state index is 12.9. The van der Waals surface area contributed by atoms with Gasteiger partial charge in [-0.2, -0.15) is 0 Å². The van der Waals surface area contributed by atoms with Crippen molar-refractivity contribution in [1.82, 2.24) is 19.9 Å². The van der Waals surface area contributed by atoms with Gasteiger partial charge >= 0.3 is 0 Å². The number of hydrogen-bond donors (Lipinski definition) is 0. The molecule has 2 atom stereocenters. The third-order valence-corrected chi connectivity index (χ3v) is 5.91. The van der Waals surface area contributed by atoms with E-state index in [9.17, 15) is 14.9 Å². The molecular weight excluding hydrogens is 346 g/mol. The average molecular weight is 364 g/mol. The van der Waals surface area contributed by atoms with Crippen LogP contribution in [0.15, 0.2) is 16.9 Å². The van der Waals surface area contributed by atoms with E-state index in [1.807, 2.05) is 0 Å². The molecule has 2 fully saturated rings. The number of nitrogens with zero attached hydrogens (tertiary/aromatic N) is 5. The van der Waals surface area contributed by atoms with Crippen molar-refractivity contribution >= 4 is 28.2 Å². The van der Waals surface area contributed by atoms with Gasteiger partial charge in [-0.25, -0.2) is 4.68 Å². The molecule has 0 amide bonds. The molecule has 2 aromatic rings. The van der Waals surface area contributed by atoms with E-state index >= 15 is 0 Å². The summed E-state index contributed by atoms with van der Waals surface area (Å²) < 4.78 is 1.45. The van der Waals surface area contributed by atoms with Gasteiger partial charge in [0.15, 0.2) is 0 Å². The molecule has 1 aromatic carbocycles. The van der Waals surface area contributed by atoms with Crippen LogP contribution in [0.3, 0.4) is 0 Å². The van der Waals surface area contributed by atoms with E-state index in [-0.39, 0.29) is 33.2 Å². The van der Waals surface area contributed by atoms with E-state index in [4.69, 9.17) is 11.6 Å². The molecule has 1 aromatic heterocycles. The molecule has 2 unspecified atom stereocenters. The van der Waals surface area contributed by atoms with Gasteiger partial charge in [0.1, 0.15) is 10.5 Å². The number of rotatable bonds is 2. The quantitative estimate of drug-likeness (QED) is 0.601. The first-order chi connectivity index (χ1) is 12.0. The van der Waals surface area contributed by atoms with E-state index in [0.717, 1.165) is 25.7 Å². The summed E-state index contributed by atoms with van der Waals surface area (Å²) >= 11 is 5.96. The SMILES string of the molecule is CN1C2CCCC1CC(n1nnc3cc([N+](=O)[O-])c(Cl)cc3c1=O)C2. The highest BCUT2D eigenvalue weighted by Crippen LogP contribution is 2.37. The molecule has 3 heterocycles. The summed E-state index contributed by atoms with van der Waals surface area (Å²) in [5.41, 5.74) is -0.352. The minimum absolute atomic E-state index is 0.00451. The number of nitro groups is 1. The van der Waals surface area contributed by atoms with Crippen LogP contribution in [0, 0.1) is 10.1 Å². The summed E-state index contributed by atoms with van der Waals surface area (Å²) in [6.07, 6.45) is 5.24. The Balaban J connectivity index is 1.76. The Morgan fingerprint density at radius 1 is 1.24 bits per heavy atom. The lowest BCUT2D eigenvalue weighted by Gasteiger charge is -2.46. The number of halogens is 1. The molecule has 0 radical (unpaired) electrons. The fourth-order valence-corrected chi connectivity index (χ4v) is 4.46. The highest BCUT2D eigenvalue weighted by Gasteiger charge is 2.37. The summed E-state index contributed by atoms with van der Waals surface area (Å²) in [6, 6.07) is 3.47. The second-order valence-corrected chi connectivity index (χ2v) is 7.35. The minimum Gasteiger partial charge on any atom is -0.300 e. The van der Waals surface area contributed by atoms with E-state index in [2.05, 4.69) is 22.3 Å². The molecule has 25 heavy (non-hydrogen) atoms. The van der Waals surface area contributed by atoms with Crippen molar-refractivity contribution in [2.24, 2.45) is 0 Å². The van der Waals surface area contributed by atoms with Crippen LogP contribution >= 0.6 is 11.6 Å². The molecule has 2 aliphatic rings. The molecule has 0 aliphatic carbocycles. The van der Waals surface area contributed by atoms with Crippen molar-refractivity contribution in [3.63, 3.8) is 0 Å². The Kier molecular flexibility index (Phi) is 3.96. The van der Waals surface area contributed by atoms with E-state index in [0.29, 0.717) is 12.1 Å². The Hall–Kier alpha value is -2.06. The zero-order valence-electron chi connectivity index (χ0n) is 13.8. The lowest BCUT2D eigenvalue weighted by Crippen LogP contribution is -2.51. The lowest BCUT2D eigenvalue weighted by atomic mass is 9.82. The topological polar surface area (TPSA) is 94.2 Å². The van der Waals surface area contributed by atoms with Gasteiger partial charge in [-0.15, -0.1) is 5.10 Å². The van der Waals surface area contributed by atoms with Gasteiger partial charge in [0, 0.05) is 18.2 Å². The van der Waals surface area contributed by atoms with Gasteiger partial charge < -0.3 is 4.90 Å². The number of hydrogen-bond acceptors (Lipinski definition) is 6. The van der Waals surface area contributed by atoms with Crippen LogP contribution in [-0.4, -0.2) is 43.9 Å². The molecule has 9 heteroatoms. The van der Waals surface area contributed by atoms with Gasteiger partial charge in [0.2, 0.25) is 0 Å².